The molecular formula is C16H25N3O2. The smallest absolute Gasteiger partial charge is 0.306 e. The lowest BCUT2D eigenvalue weighted by Crippen LogP contribution is -2.37. The van der Waals surface area contributed by atoms with Gasteiger partial charge in [-0.3, -0.25) is 4.79 Å². The van der Waals surface area contributed by atoms with E-state index in [2.05, 4.69) is 48.6 Å². The Kier molecular flexibility index (Phi) is 4.80. The predicted molar refractivity (Wildman–Crippen MR) is 82.8 cm³/mol. The molecule has 2 rings (SSSR count). The molecule has 1 aliphatic rings. The van der Waals surface area contributed by atoms with Gasteiger partial charge in [-0.15, -0.1) is 0 Å². The maximum Gasteiger partial charge on any atom is 0.306 e. The summed E-state index contributed by atoms with van der Waals surface area (Å²) in [6.45, 7) is 9.96. The third kappa shape index (κ3) is 3.71. The number of piperidine rings is 1. The van der Waals surface area contributed by atoms with E-state index in [-0.39, 0.29) is 5.92 Å². The van der Waals surface area contributed by atoms with Crippen LogP contribution in [0.25, 0.3) is 0 Å². The normalized spacial score (nSPS) is 16.8. The van der Waals surface area contributed by atoms with Crippen LogP contribution in [0.5, 0.6) is 0 Å². The topological polar surface area (TPSA) is 66.3 Å². The van der Waals surface area contributed by atoms with Gasteiger partial charge in [0.1, 0.15) is 11.6 Å². The Morgan fingerprint density at radius 2 is 1.81 bits per heavy atom. The van der Waals surface area contributed by atoms with E-state index in [0.717, 1.165) is 30.4 Å². The van der Waals surface area contributed by atoms with Crippen molar-refractivity contribution < 1.29 is 9.90 Å². The maximum absolute atomic E-state index is 11.0. The summed E-state index contributed by atoms with van der Waals surface area (Å²) in [5.41, 5.74) is 1.06. The molecule has 2 heterocycles. The van der Waals surface area contributed by atoms with Crippen LogP contribution in [0.2, 0.25) is 0 Å². The fraction of sp³-hybridized carbons (Fsp3) is 0.688. The molecule has 1 saturated heterocycles. The predicted octanol–water partition coefficient (Wildman–Crippen LogP) is 3.02. The van der Waals surface area contributed by atoms with E-state index in [4.69, 9.17) is 5.11 Å². The van der Waals surface area contributed by atoms with Gasteiger partial charge in [-0.2, -0.15) is 0 Å². The summed E-state index contributed by atoms with van der Waals surface area (Å²) in [6, 6.07) is 2.05. The first-order valence-electron chi connectivity index (χ1n) is 7.75. The van der Waals surface area contributed by atoms with Crippen LogP contribution in [0.4, 0.5) is 5.82 Å². The molecule has 0 saturated carbocycles. The number of anilines is 1. The van der Waals surface area contributed by atoms with Crippen LogP contribution in [-0.4, -0.2) is 34.1 Å². The summed E-state index contributed by atoms with van der Waals surface area (Å²) in [6.07, 6.45) is 1.38. The first-order valence-corrected chi connectivity index (χ1v) is 7.75. The molecule has 5 heteroatoms. The lowest BCUT2D eigenvalue weighted by molar-refractivity contribution is -0.142. The van der Waals surface area contributed by atoms with Gasteiger partial charge in [0.25, 0.3) is 0 Å². The highest BCUT2D eigenvalue weighted by atomic mass is 16.4. The quantitative estimate of drug-likeness (QED) is 0.923. The minimum absolute atomic E-state index is 0.211. The van der Waals surface area contributed by atoms with Gasteiger partial charge < -0.3 is 10.0 Å². The zero-order valence-electron chi connectivity index (χ0n) is 13.3. The Morgan fingerprint density at radius 3 is 2.29 bits per heavy atom. The van der Waals surface area contributed by atoms with Crippen molar-refractivity contribution in [3.8, 4) is 0 Å². The Hall–Kier alpha value is -1.65. The Labute approximate surface area is 126 Å². The van der Waals surface area contributed by atoms with E-state index in [1.165, 1.54) is 0 Å². The first-order chi connectivity index (χ1) is 9.88. The lowest BCUT2D eigenvalue weighted by Gasteiger charge is -2.31. The number of hydrogen-bond donors (Lipinski definition) is 1. The molecule has 1 aliphatic heterocycles. The molecule has 0 amide bonds. The van der Waals surface area contributed by atoms with Gasteiger partial charge in [-0.25, -0.2) is 9.97 Å². The van der Waals surface area contributed by atoms with E-state index in [9.17, 15) is 4.79 Å². The van der Waals surface area contributed by atoms with E-state index in [1.807, 2.05) is 0 Å². The van der Waals surface area contributed by atoms with Crippen molar-refractivity contribution in [2.75, 3.05) is 18.0 Å². The largest absolute Gasteiger partial charge is 0.481 e. The van der Waals surface area contributed by atoms with Crippen molar-refractivity contribution in [2.24, 2.45) is 5.92 Å². The third-order valence-corrected chi connectivity index (χ3v) is 4.03. The average Bonchev–Trinajstić information content (AvgIpc) is 2.46. The second-order valence-corrected chi connectivity index (χ2v) is 6.42. The summed E-state index contributed by atoms with van der Waals surface area (Å²) in [5.74, 6) is 1.58. The Bertz CT molecular complexity index is 480. The van der Waals surface area contributed by atoms with Crippen molar-refractivity contribution in [1.82, 2.24) is 9.97 Å². The highest BCUT2D eigenvalue weighted by Crippen LogP contribution is 2.26. The van der Waals surface area contributed by atoms with Crippen LogP contribution >= 0.6 is 0 Å². The summed E-state index contributed by atoms with van der Waals surface area (Å²) >= 11 is 0. The van der Waals surface area contributed by atoms with Crippen molar-refractivity contribution in [2.45, 2.75) is 52.4 Å². The molecule has 1 N–H and O–H groups in total. The molecular weight excluding hydrogens is 266 g/mol. The van der Waals surface area contributed by atoms with Gasteiger partial charge >= 0.3 is 5.97 Å². The van der Waals surface area contributed by atoms with E-state index in [0.29, 0.717) is 24.7 Å². The lowest BCUT2D eigenvalue weighted by atomic mass is 9.97. The monoisotopic (exact) mass is 291 g/mol. The molecule has 1 aromatic rings. The van der Waals surface area contributed by atoms with Crippen molar-refractivity contribution in [1.29, 1.82) is 0 Å². The molecule has 1 fully saturated rings. The second-order valence-electron chi connectivity index (χ2n) is 6.42. The second kappa shape index (κ2) is 6.41. The maximum atomic E-state index is 11.0. The number of carboxylic acids is 1. The zero-order valence-corrected chi connectivity index (χ0v) is 13.3. The molecule has 0 aliphatic carbocycles. The van der Waals surface area contributed by atoms with Crippen LogP contribution in [0, 0.1) is 5.92 Å². The fourth-order valence-electron chi connectivity index (χ4n) is 2.54. The van der Waals surface area contributed by atoms with E-state index < -0.39 is 5.97 Å². The number of aliphatic carboxylic acids is 1. The van der Waals surface area contributed by atoms with Gasteiger partial charge in [0.2, 0.25) is 0 Å². The standard InChI is InChI=1S/C16H25N3O2/c1-10(2)13-9-14(18-15(17-13)11(3)4)19-7-5-12(6-8-19)16(20)21/h9-12H,5-8H2,1-4H3,(H,20,21). The van der Waals surface area contributed by atoms with Crippen molar-refractivity contribution in [3.05, 3.63) is 17.6 Å². The van der Waals surface area contributed by atoms with Crippen LogP contribution in [0.15, 0.2) is 6.07 Å². The van der Waals surface area contributed by atoms with Crippen molar-refractivity contribution >= 4 is 11.8 Å². The average molecular weight is 291 g/mol. The molecule has 0 bridgehead atoms. The number of hydrogen-bond acceptors (Lipinski definition) is 4. The molecule has 0 atom stereocenters. The molecule has 0 unspecified atom stereocenters. The summed E-state index contributed by atoms with van der Waals surface area (Å²) in [4.78, 5) is 22.5. The first kappa shape index (κ1) is 15.7. The number of carboxylic acid groups (broad SMARTS) is 1. The summed E-state index contributed by atoms with van der Waals surface area (Å²) in [7, 11) is 0. The highest BCUT2D eigenvalue weighted by molar-refractivity contribution is 5.70. The number of nitrogens with zero attached hydrogens (tertiary/aromatic N) is 3. The summed E-state index contributed by atoms with van der Waals surface area (Å²) in [5, 5.41) is 9.08. The minimum Gasteiger partial charge on any atom is -0.481 e. The zero-order chi connectivity index (χ0) is 15.6. The molecule has 0 radical (unpaired) electrons. The van der Waals surface area contributed by atoms with Crippen LogP contribution in [0.1, 0.15) is 63.9 Å². The molecule has 1 aromatic heterocycles. The van der Waals surface area contributed by atoms with Gasteiger partial charge in [-0.1, -0.05) is 27.7 Å². The van der Waals surface area contributed by atoms with E-state index in [1.54, 1.807) is 0 Å². The Morgan fingerprint density at radius 1 is 1.19 bits per heavy atom. The molecule has 0 aromatic carbocycles. The number of carbonyl (C=O) groups is 1. The van der Waals surface area contributed by atoms with Gasteiger partial charge in [0.15, 0.2) is 0 Å². The molecule has 5 nitrogen and oxygen atoms in total. The minimum atomic E-state index is -0.678. The summed E-state index contributed by atoms with van der Waals surface area (Å²) < 4.78 is 0. The van der Waals surface area contributed by atoms with Gasteiger partial charge in [0, 0.05) is 30.8 Å². The number of rotatable bonds is 4. The van der Waals surface area contributed by atoms with Crippen LogP contribution in [-0.2, 0) is 4.79 Å². The highest BCUT2D eigenvalue weighted by Gasteiger charge is 2.26. The molecule has 116 valence electrons. The van der Waals surface area contributed by atoms with Crippen LogP contribution < -0.4 is 4.90 Å². The van der Waals surface area contributed by atoms with E-state index >= 15 is 0 Å². The number of aromatic nitrogens is 2. The Balaban J connectivity index is 2.21. The SMILES string of the molecule is CC(C)c1cc(N2CCC(C(=O)O)CC2)nc(C(C)C)n1. The van der Waals surface area contributed by atoms with Gasteiger partial charge in [-0.05, 0) is 18.8 Å². The van der Waals surface area contributed by atoms with Gasteiger partial charge in [0.05, 0.1) is 5.92 Å². The third-order valence-electron chi connectivity index (χ3n) is 4.03. The van der Waals surface area contributed by atoms with Crippen molar-refractivity contribution in [3.63, 3.8) is 0 Å². The molecule has 0 spiro atoms. The fourth-order valence-corrected chi connectivity index (χ4v) is 2.54. The molecule has 21 heavy (non-hydrogen) atoms. The van der Waals surface area contributed by atoms with Crippen LogP contribution in [0.3, 0.4) is 0 Å².